The maximum atomic E-state index is 14.4. The van der Waals surface area contributed by atoms with Crippen molar-refractivity contribution in [1.82, 2.24) is 14.9 Å². The number of aromatic nitrogens is 2. The van der Waals surface area contributed by atoms with Gasteiger partial charge in [0.25, 0.3) is 0 Å². The van der Waals surface area contributed by atoms with Crippen molar-refractivity contribution in [2.45, 2.75) is 12.8 Å². The van der Waals surface area contributed by atoms with Gasteiger partial charge >= 0.3 is 5.97 Å². The van der Waals surface area contributed by atoms with Crippen molar-refractivity contribution in [2.75, 3.05) is 45.3 Å². The van der Waals surface area contributed by atoms with Gasteiger partial charge in [-0.05, 0) is 24.6 Å². The van der Waals surface area contributed by atoms with Crippen molar-refractivity contribution >= 4 is 40.0 Å². The van der Waals surface area contributed by atoms with Crippen LogP contribution in [0.2, 0.25) is 5.02 Å². The summed E-state index contributed by atoms with van der Waals surface area (Å²) in [5, 5.41) is 3.68. The molecule has 1 aromatic heterocycles. The Bertz CT molecular complexity index is 1240. The lowest BCUT2D eigenvalue weighted by atomic mass is 9.79. The third-order valence-electron chi connectivity index (χ3n) is 6.18. The Morgan fingerprint density at radius 1 is 1.26 bits per heavy atom. The molecule has 0 unspecified atom stereocenters. The van der Waals surface area contributed by atoms with Gasteiger partial charge in [-0.25, -0.2) is 14.4 Å². The Balaban J connectivity index is 1.26. The molecule has 3 aromatic rings. The van der Waals surface area contributed by atoms with E-state index in [1.807, 2.05) is 0 Å². The highest BCUT2D eigenvalue weighted by molar-refractivity contribution is 6.31. The molecule has 3 heterocycles. The predicted octanol–water partition coefficient (Wildman–Crippen LogP) is 4.19. The van der Waals surface area contributed by atoms with Crippen molar-refractivity contribution in [3.63, 3.8) is 0 Å². The van der Waals surface area contributed by atoms with Crippen LogP contribution >= 0.6 is 11.6 Å². The van der Waals surface area contributed by atoms with Gasteiger partial charge in [0.15, 0.2) is 17.3 Å². The van der Waals surface area contributed by atoms with Crippen molar-refractivity contribution in [3.8, 4) is 11.5 Å². The van der Waals surface area contributed by atoms with E-state index < -0.39 is 5.82 Å². The normalized spacial score (nSPS) is 17.0. The Morgan fingerprint density at radius 2 is 2.12 bits per heavy atom. The molecule has 2 aliphatic heterocycles. The molecule has 34 heavy (non-hydrogen) atoms. The topological polar surface area (TPSA) is 85.8 Å². The Kier molecular flexibility index (Phi) is 6.14. The lowest BCUT2D eigenvalue weighted by molar-refractivity contribution is -0.137. The van der Waals surface area contributed by atoms with Crippen LogP contribution in [0.4, 0.5) is 15.9 Å². The van der Waals surface area contributed by atoms with E-state index in [4.69, 9.17) is 25.8 Å². The molecular weight excluding hydrogens is 463 g/mol. The highest BCUT2D eigenvalue weighted by Gasteiger charge is 2.49. The first-order valence-electron chi connectivity index (χ1n) is 11.0. The van der Waals surface area contributed by atoms with Gasteiger partial charge in [-0.1, -0.05) is 17.7 Å². The number of esters is 1. The molecule has 0 aliphatic carbocycles. The number of nitrogens with one attached hydrogen (secondary N) is 1. The molecule has 0 bridgehead atoms. The van der Waals surface area contributed by atoms with Gasteiger partial charge in [-0.15, -0.1) is 0 Å². The minimum absolute atomic E-state index is 0.0192. The minimum Gasteiger partial charge on any atom is -0.493 e. The van der Waals surface area contributed by atoms with Crippen molar-refractivity contribution in [2.24, 2.45) is 5.41 Å². The van der Waals surface area contributed by atoms with Gasteiger partial charge in [0.05, 0.1) is 43.0 Å². The van der Waals surface area contributed by atoms with Crippen LogP contribution in [0.15, 0.2) is 36.7 Å². The molecule has 0 atom stereocenters. The number of fused-ring (bicyclic) bond motifs is 1. The van der Waals surface area contributed by atoms with Crippen molar-refractivity contribution in [1.29, 1.82) is 0 Å². The molecule has 0 radical (unpaired) electrons. The summed E-state index contributed by atoms with van der Waals surface area (Å²) in [5.74, 6) is 0.882. The largest absolute Gasteiger partial charge is 0.493 e. The first-order chi connectivity index (χ1) is 16.5. The second-order valence-corrected chi connectivity index (χ2v) is 9.13. The van der Waals surface area contributed by atoms with Crippen LogP contribution in [0.3, 0.4) is 0 Å². The molecule has 2 fully saturated rings. The number of cyclic esters (lactones) is 1. The second kappa shape index (κ2) is 9.23. The van der Waals surface area contributed by atoms with Gasteiger partial charge in [0.2, 0.25) is 0 Å². The first kappa shape index (κ1) is 22.6. The van der Waals surface area contributed by atoms with E-state index in [9.17, 15) is 9.18 Å². The summed E-state index contributed by atoms with van der Waals surface area (Å²) in [6.45, 7) is 3.65. The number of nitrogens with zero attached hydrogens (tertiary/aromatic N) is 3. The Labute approximate surface area is 201 Å². The third kappa shape index (κ3) is 4.45. The fourth-order valence-corrected chi connectivity index (χ4v) is 4.71. The summed E-state index contributed by atoms with van der Waals surface area (Å²) in [6.07, 6.45) is 2.73. The van der Waals surface area contributed by atoms with Crippen LogP contribution in [0.1, 0.15) is 12.8 Å². The molecule has 0 amide bonds. The lowest BCUT2D eigenvalue weighted by Crippen LogP contribution is -2.56. The van der Waals surface area contributed by atoms with Crippen LogP contribution in [-0.4, -0.2) is 60.8 Å². The SMILES string of the molecule is COc1cc2ncnc(Nc3cccc(Cl)c3F)c2cc1OCCCN1CC2(COC(=O)C2)C1. The molecule has 1 N–H and O–H groups in total. The smallest absolute Gasteiger partial charge is 0.306 e. The molecule has 0 saturated carbocycles. The van der Waals surface area contributed by atoms with Gasteiger partial charge in [-0.2, -0.15) is 0 Å². The van der Waals surface area contributed by atoms with Crippen LogP contribution < -0.4 is 14.8 Å². The molecule has 2 saturated heterocycles. The van der Waals surface area contributed by atoms with Crippen LogP contribution in [-0.2, 0) is 9.53 Å². The zero-order chi connectivity index (χ0) is 23.7. The van der Waals surface area contributed by atoms with Gasteiger partial charge in [0.1, 0.15) is 12.1 Å². The summed E-state index contributed by atoms with van der Waals surface area (Å²) in [7, 11) is 1.57. The zero-order valence-corrected chi connectivity index (χ0v) is 19.4. The fourth-order valence-electron chi connectivity index (χ4n) is 4.54. The molecular formula is C24H24ClFN4O4. The molecule has 2 aliphatic rings. The number of carbonyl (C=O) groups is 1. The lowest BCUT2D eigenvalue weighted by Gasteiger charge is -2.46. The number of carbonyl (C=O) groups excluding carboxylic acids is 1. The van der Waals surface area contributed by atoms with E-state index in [1.54, 1.807) is 31.4 Å². The maximum absolute atomic E-state index is 14.4. The summed E-state index contributed by atoms with van der Waals surface area (Å²) >= 11 is 5.90. The monoisotopic (exact) mass is 486 g/mol. The van der Waals surface area contributed by atoms with Crippen molar-refractivity contribution in [3.05, 3.63) is 47.5 Å². The van der Waals surface area contributed by atoms with Crippen LogP contribution in [0.25, 0.3) is 10.9 Å². The van der Waals surface area contributed by atoms with Gasteiger partial charge in [-0.3, -0.25) is 4.79 Å². The van der Waals surface area contributed by atoms with E-state index in [2.05, 4.69) is 20.2 Å². The van der Waals surface area contributed by atoms with E-state index in [-0.39, 0.29) is 22.1 Å². The highest BCUT2D eigenvalue weighted by Crippen LogP contribution is 2.39. The second-order valence-electron chi connectivity index (χ2n) is 8.72. The number of benzene rings is 2. The first-order valence-corrected chi connectivity index (χ1v) is 11.4. The van der Waals surface area contributed by atoms with Crippen molar-refractivity contribution < 1.29 is 23.4 Å². The molecule has 1 spiro atoms. The number of hydrogen-bond acceptors (Lipinski definition) is 8. The summed E-state index contributed by atoms with van der Waals surface area (Å²) < 4.78 is 31.0. The minimum atomic E-state index is -0.553. The number of rotatable bonds is 8. The summed E-state index contributed by atoms with van der Waals surface area (Å²) in [6, 6.07) is 8.29. The number of ether oxygens (including phenoxy) is 3. The number of methoxy groups -OCH3 is 1. The summed E-state index contributed by atoms with van der Waals surface area (Å²) in [5.41, 5.74) is 0.863. The summed E-state index contributed by atoms with van der Waals surface area (Å²) in [4.78, 5) is 22.3. The number of hydrogen-bond donors (Lipinski definition) is 1. The molecule has 2 aromatic carbocycles. The fraction of sp³-hybridized carbons (Fsp3) is 0.375. The molecule has 5 rings (SSSR count). The average Bonchev–Trinajstić information content (AvgIpc) is 3.20. The molecule has 178 valence electrons. The Morgan fingerprint density at radius 3 is 2.88 bits per heavy atom. The van der Waals surface area contributed by atoms with Gasteiger partial charge in [0, 0.05) is 36.5 Å². The Hall–Kier alpha value is -3.17. The van der Waals surface area contributed by atoms with Crippen LogP contribution in [0.5, 0.6) is 11.5 Å². The predicted molar refractivity (Wildman–Crippen MR) is 125 cm³/mol. The van der Waals surface area contributed by atoms with E-state index in [0.29, 0.717) is 47.9 Å². The van der Waals surface area contributed by atoms with Crippen LogP contribution in [0, 0.1) is 11.2 Å². The number of likely N-dealkylation sites (tertiary alicyclic amines) is 1. The quantitative estimate of drug-likeness (QED) is 0.374. The number of anilines is 2. The molecule has 10 heteroatoms. The maximum Gasteiger partial charge on any atom is 0.306 e. The van der Waals surface area contributed by atoms with E-state index in [0.717, 1.165) is 26.1 Å². The highest BCUT2D eigenvalue weighted by atomic mass is 35.5. The zero-order valence-electron chi connectivity index (χ0n) is 18.6. The van der Waals surface area contributed by atoms with E-state index >= 15 is 0 Å². The van der Waals surface area contributed by atoms with Gasteiger partial charge < -0.3 is 24.4 Å². The third-order valence-corrected chi connectivity index (χ3v) is 6.47. The number of halogens is 2. The average molecular weight is 487 g/mol. The molecule has 8 nitrogen and oxygen atoms in total. The standard InChI is InChI=1S/C24H24ClFN4O4/c1-32-19-9-18-15(23(28-14-27-18)29-17-5-2-4-16(25)22(17)26)8-20(19)33-7-3-6-30-11-24(12-30)10-21(31)34-13-24/h2,4-5,8-9,14H,3,6-7,10-13H2,1H3,(H,27,28,29). The van der Waals surface area contributed by atoms with E-state index in [1.165, 1.54) is 12.4 Å².